The predicted molar refractivity (Wildman–Crippen MR) is 104 cm³/mol. The predicted octanol–water partition coefficient (Wildman–Crippen LogP) is 2.46. The molecule has 1 aromatic carbocycles. The van der Waals surface area contributed by atoms with Gasteiger partial charge in [0.15, 0.2) is 0 Å². The lowest BCUT2D eigenvalue weighted by molar-refractivity contribution is 0.116. The minimum Gasteiger partial charge on any atom is -0.395 e. The molecular formula is C22H29N3O. The van der Waals surface area contributed by atoms with Crippen molar-refractivity contribution in [3.8, 4) is 0 Å². The molecule has 1 N–H and O–H groups in total. The SMILES string of the molecule is Cc1cccc(CN2CC[C@]3(c4ccccc4)CN(CCO)C[C@H]3C2)n1. The van der Waals surface area contributed by atoms with Crippen LogP contribution in [0.4, 0.5) is 0 Å². The highest BCUT2D eigenvalue weighted by Crippen LogP contribution is 2.45. The number of aliphatic hydroxyl groups excluding tert-OH is 1. The normalized spacial score (nSPS) is 26.8. The number of rotatable bonds is 5. The average Bonchev–Trinajstić information content (AvgIpc) is 3.01. The van der Waals surface area contributed by atoms with Crippen LogP contribution in [0, 0.1) is 12.8 Å². The second-order valence-corrected chi connectivity index (χ2v) is 7.93. The summed E-state index contributed by atoms with van der Waals surface area (Å²) in [5.74, 6) is 0.606. The van der Waals surface area contributed by atoms with Gasteiger partial charge in [0.25, 0.3) is 0 Å². The summed E-state index contributed by atoms with van der Waals surface area (Å²) in [6.45, 7) is 8.37. The number of benzene rings is 1. The fourth-order valence-corrected chi connectivity index (χ4v) is 4.97. The van der Waals surface area contributed by atoms with Crippen LogP contribution < -0.4 is 0 Å². The van der Waals surface area contributed by atoms with E-state index in [4.69, 9.17) is 0 Å². The van der Waals surface area contributed by atoms with E-state index in [1.54, 1.807) is 0 Å². The maximum atomic E-state index is 9.43. The third-order valence-electron chi connectivity index (χ3n) is 6.22. The smallest absolute Gasteiger partial charge is 0.0558 e. The first-order valence-electron chi connectivity index (χ1n) is 9.73. The monoisotopic (exact) mass is 351 g/mol. The number of nitrogens with zero attached hydrogens (tertiary/aromatic N) is 3. The Hall–Kier alpha value is -1.75. The van der Waals surface area contributed by atoms with E-state index in [9.17, 15) is 5.11 Å². The minimum atomic E-state index is 0.229. The van der Waals surface area contributed by atoms with Gasteiger partial charge in [-0.25, -0.2) is 0 Å². The Bertz CT molecular complexity index is 735. The van der Waals surface area contributed by atoms with Gasteiger partial charge in [0.05, 0.1) is 12.3 Å². The third-order valence-corrected chi connectivity index (χ3v) is 6.22. The highest BCUT2D eigenvalue weighted by molar-refractivity contribution is 5.30. The Balaban J connectivity index is 1.54. The van der Waals surface area contributed by atoms with E-state index in [2.05, 4.69) is 70.2 Å². The number of fused-ring (bicyclic) bond motifs is 1. The topological polar surface area (TPSA) is 39.6 Å². The second kappa shape index (κ2) is 7.47. The number of aliphatic hydroxyl groups is 1. The second-order valence-electron chi connectivity index (χ2n) is 7.93. The Morgan fingerprint density at radius 3 is 2.65 bits per heavy atom. The summed E-state index contributed by atoms with van der Waals surface area (Å²) >= 11 is 0. The van der Waals surface area contributed by atoms with Crippen LogP contribution in [0.1, 0.15) is 23.4 Å². The zero-order valence-corrected chi connectivity index (χ0v) is 15.6. The lowest BCUT2D eigenvalue weighted by atomic mass is 9.68. The first kappa shape index (κ1) is 17.7. The molecule has 2 saturated heterocycles. The molecule has 0 amide bonds. The number of likely N-dealkylation sites (tertiary alicyclic amines) is 2. The van der Waals surface area contributed by atoms with Crippen LogP contribution in [-0.4, -0.2) is 59.2 Å². The van der Waals surface area contributed by atoms with Crippen LogP contribution in [-0.2, 0) is 12.0 Å². The summed E-state index contributed by atoms with van der Waals surface area (Å²) in [6, 6.07) is 17.3. The summed E-state index contributed by atoms with van der Waals surface area (Å²) in [5, 5.41) is 9.43. The molecule has 138 valence electrons. The summed E-state index contributed by atoms with van der Waals surface area (Å²) in [5.41, 5.74) is 3.96. The quantitative estimate of drug-likeness (QED) is 0.898. The third kappa shape index (κ3) is 3.41. The van der Waals surface area contributed by atoms with Crippen molar-refractivity contribution in [1.29, 1.82) is 0 Å². The Kier molecular flexibility index (Phi) is 5.07. The molecule has 2 aromatic rings. The summed E-state index contributed by atoms with van der Waals surface area (Å²) in [4.78, 5) is 9.70. The molecule has 0 aliphatic carbocycles. The lowest BCUT2D eigenvalue weighted by Gasteiger charge is -2.44. The first-order valence-corrected chi connectivity index (χ1v) is 9.73. The van der Waals surface area contributed by atoms with Crippen molar-refractivity contribution >= 4 is 0 Å². The number of hydrogen-bond donors (Lipinski definition) is 1. The van der Waals surface area contributed by atoms with Gasteiger partial charge >= 0.3 is 0 Å². The summed E-state index contributed by atoms with van der Waals surface area (Å²) < 4.78 is 0. The van der Waals surface area contributed by atoms with Crippen molar-refractivity contribution in [3.05, 3.63) is 65.5 Å². The summed E-state index contributed by atoms with van der Waals surface area (Å²) in [7, 11) is 0. The van der Waals surface area contributed by atoms with Crippen molar-refractivity contribution in [2.75, 3.05) is 39.3 Å². The molecule has 0 bridgehead atoms. The number of hydrogen-bond acceptors (Lipinski definition) is 4. The van der Waals surface area contributed by atoms with Gasteiger partial charge in [0.1, 0.15) is 0 Å². The molecule has 4 heteroatoms. The van der Waals surface area contributed by atoms with Crippen LogP contribution in [0.25, 0.3) is 0 Å². The molecular weight excluding hydrogens is 322 g/mol. The van der Waals surface area contributed by atoms with Crippen LogP contribution in [0.5, 0.6) is 0 Å². The van der Waals surface area contributed by atoms with E-state index in [-0.39, 0.29) is 12.0 Å². The van der Waals surface area contributed by atoms with Crippen LogP contribution >= 0.6 is 0 Å². The largest absolute Gasteiger partial charge is 0.395 e. The molecule has 1 aromatic heterocycles. The molecule has 2 fully saturated rings. The van der Waals surface area contributed by atoms with Gasteiger partial charge in [-0.05, 0) is 43.5 Å². The number of aryl methyl sites for hydroxylation is 1. The van der Waals surface area contributed by atoms with Crippen molar-refractivity contribution in [3.63, 3.8) is 0 Å². The van der Waals surface area contributed by atoms with Gasteiger partial charge in [0, 0.05) is 43.8 Å². The van der Waals surface area contributed by atoms with E-state index in [1.165, 1.54) is 17.7 Å². The van der Waals surface area contributed by atoms with Crippen molar-refractivity contribution in [2.45, 2.75) is 25.3 Å². The molecule has 4 nitrogen and oxygen atoms in total. The Labute approximate surface area is 156 Å². The maximum Gasteiger partial charge on any atom is 0.0558 e. The number of aromatic nitrogens is 1. The molecule has 2 aliphatic rings. The number of piperidine rings is 1. The van der Waals surface area contributed by atoms with Crippen molar-refractivity contribution < 1.29 is 5.11 Å². The van der Waals surface area contributed by atoms with Gasteiger partial charge in [-0.2, -0.15) is 0 Å². The van der Waals surface area contributed by atoms with Crippen molar-refractivity contribution in [2.24, 2.45) is 5.92 Å². The van der Waals surface area contributed by atoms with Crippen LogP contribution in [0.2, 0.25) is 0 Å². The van der Waals surface area contributed by atoms with Crippen molar-refractivity contribution in [1.82, 2.24) is 14.8 Å². The van der Waals surface area contributed by atoms with Gasteiger partial charge in [0.2, 0.25) is 0 Å². The highest BCUT2D eigenvalue weighted by Gasteiger charge is 2.49. The van der Waals surface area contributed by atoms with E-state index >= 15 is 0 Å². The van der Waals surface area contributed by atoms with E-state index in [0.717, 1.165) is 45.0 Å². The van der Waals surface area contributed by atoms with Gasteiger partial charge in [-0.1, -0.05) is 36.4 Å². The molecule has 0 radical (unpaired) electrons. The van der Waals surface area contributed by atoms with Crippen LogP contribution in [0.15, 0.2) is 48.5 Å². The highest BCUT2D eigenvalue weighted by atomic mass is 16.3. The number of β-amino-alcohol motifs (C(OH)–C–C–N with tert-alkyl or cyclic N) is 1. The summed E-state index contributed by atoms with van der Waals surface area (Å²) in [6.07, 6.45) is 1.18. The zero-order chi connectivity index (χ0) is 18.0. The molecule has 26 heavy (non-hydrogen) atoms. The molecule has 2 aliphatic heterocycles. The fourth-order valence-electron chi connectivity index (χ4n) is 4.97. The Morgan fingerprint density at radius 1 is 1.08 bits per heavy atom. The van der Waals surface area contributed by atoms with Gasteiger partial charge in [-0.3, -0.25) is 14.8 Å². The first-order chi connectivity index (χ1) is 12.7. The standard InChI is InChI=1S/C22H29N3O/c1-18-6-5-9-21(23-18)16-24-11-10-22(19-7-3-2-4-8-19)17-25(12-13-26)15-20(22)14-24/h2-9,20,26H,10-17H2,1H3/t20-,22-/m1/s1. The minimum absolute atomic E-state index is 0.229. The lowest BCUT2D eigenvalue weighted by Crippen LogP contribution is -2.49. The van der Waals surface area contributed by atoms with E-state index < -0.39 is 0 Å². The van der Waals surface area contributed by atoms with Gasteiger partial charge in [-0.15, -0.1) is 0 Å². The fraction of sp³-hybridized carbons (Fsp3) is 0.500. The van der Waals surface area contributed by atoms with E-state index in [1.807, 2.05) is 0 Å². The zero-order valence-electron chi connectivity index (χ0n) is 15.6. The van der Waals surface area contributed by atoms with E-state index in [0.29, 0.717) is 5.92 Å². The molecule has 4 rings (SSSR count). The molecule has 0 unspecified atom stereocenters. The molecule has 0 spiro atoms. The number of pyridine rings is 1. The van der Waals surface area contributed by atoms with Crippen LogP contribution in [0.3, 0.4) is 0 Å². The maximum absolute atomic E-state index is 9.43. The molecule has 3 heterocycles. The average molecular weight is 351 g/mol. The molecule has 0 saturated carbocycles. The Morgan fingerprint density at radius 2 is 1.88 bits per heavy atom. The molecule has 2 atom stereocenters. The van der Waals surface area contributed by atoms with Gasteiger partial charge < -0.3 is 5.11 Å².